The summed E-state index contributed by atoms with van der Waals surface area (Å²) in [5.41, 5.74) is 7.19. The lowest BCUT2D eigenvalue weighted by atomic mass is 10.3. The van der Waals surface area contributed by atoms with Gasteiger partial charge in [0, 0.05) is 15.1 Å². The molecule has 0 aliphatic rings. The molecule has 0 aliphatic heterocycles. The van der Waals surface area contributed by atoms with E-state index in [4.69, 9.17) is 5.73 Å². The maximum absolute atomic E-state index is 12.4. The molecule has 2 aromatic rings. The smallest absolute Gasteiger partial charge is 0.237 e. The van der Waals surface area contributed by atoms with Crippen LogP contribution in [-0.2, 0) is 4.79 Å². The minimum Gasteiger partial charge on any atom is -0.399 e. The second-order valence-corrected chi connectivity index (χ2v) is 6.68. The molecule has 1 atom stereocenters. The lowest BCUT2D eigenvalue weighted by molar-refractivity contribution is -0.115. The van der Waals surface area contributed by atoms with Gasteiger partial charge in [-0.1, -0.05) is 19.1 Å². The van der Waals surface area contributed by atoms with Gasteiger partial charge >= 0.3 is 0 Å². The molecule has 0 radical (unpaired) electrons. The molecule has 3 N–H and O–H groups in total. The maximum atomic E-state index is 12.4. The van der Waals surface area contributed by atoms with Gasteiger partial charge < -0.3 is 11.1 Å². The van der Waals surface area contributed by atoms with Gasteiger partial charge in [-0.3, -0.25) is 4.79 Å². The molecule has 0 fully saturated rings. The normalized spacial score (nSPS) is 11.9. The second kappa shape index (κ2) is 7.52. The Balaban J connectivity index is 2.05. The summed E-state index contributed by atoms with van der Waals surface area (Å²) < 4.78 is 0.880. The highest BCUT2D eigenvalue weighted by atomic mass is 79.9. The molecule has 110 valence electrons. The third kappa shape index (κ3) is 4.51. The van der Waals surface area contributed by atoms with E-state index in [1.165, 1.54) is 0 Å². The standard InChI is InChI=1S/C16H17BrN2OS/c1-2-15(21-12-9-7-11(18)8-10-12)16(20)19-14-6-4-3-5-13(14)17/h3-10,15H,2,18H2,1H3,(H,19,20). The molecule has 2 aromatic carbocycles. The molecule has 2 rings (SSSR count). The van der Waals surface area contributed by atoms with Gasteiger partial charge in [-0.25, -0.2) is 0 Å². The summed E-state index contributed by atoms with van der Waals surface area (Å²) in [5.74, 6) is 0.00576. The number of halogens is 1. The number of nitrogens with two attached hydrogens (primary N) is 1. The van der Waals surface area contributed by atoms with Crippen molar-refractivity contribution < 1.29 is 4.79 Å². The van der Waals surface area contributed by atoms with Crippen molar-refractivity contribution in [2.75, 3.05) is 11.1 Å². The number of benzene rings is 2. The maximum Gasteiger partial charge on any atom is 0.237 e. The Morgan fingerprint density at radius 3 is 2.52 bits per heavy atom. The third-order valence-electron chi connectivity index (χ3n) is 2.95. The molecule has 5 heteroatoms. The zero-order chi connectivity index (χ0) is 15.2. The molecule has 0 heterocycles. The minimum absolute atomic E-state index is 0.00576. The first-order valence-electron chi connectivity index (χ1n) is 6.67. The van der Waals surface area contributed by atoms with Crippen LogP contribution in [0.15, 0.2) is 57.9 Å². The van der Waals surface area contributed by atoms with E-state index < -0.39 is 0 Å². The fraction of sp³-hybridized carbons (Fsp3) is 0.188. The van der Waals surface area contributed by atoms with Crippen molar-refractivity contribution in [1.29, 1.82) is 0 Å². The zero-order valence-electron chi connectivity index (χ0n) is 11.7. The molecule has 1 amide bonds. The van der Waals surface area contributed by atoms with E-state index >= 15 is 0 Å². The molecule has 0 saturated carbocycles. The molecule has 0 spiro atoms. The Morgan fingerprint density at radius 2 is 1.90 bits per heavy atom. The van der Waals surface area contributed by atoms with Crippen LogP contribution >= 0.6 is 27.7 Å². The van der Waals surface area contributed by atoms with Crippen LogP contribution < -0.4 is 11.1 Å². The molecule has 0 aliphatic carbocycles. The lowest BCUT2D eigenvalue weighted by Gasteiger charge is -2.15. The molecule has 21 heavy (non-hydrogen) atoms. The number of nitrogens with one attached hydrogen (secondary N) is 1. The Morgan fingerprint density at radius 1 is 1.24 bits per heavy atom. The van der Waals surface area contributed by atoms with E-state index in [1.54, 1.807) is 11.8 Å². The SMILES string of the molecule is CCC(Sc1ccc(N)cc1)C(=O)Nc1ccccc1Br. The highest BCUT2D eigenvalue weighted by Gasteiger charge is 2.18. The van der Waals surface area contributed by atoms with Gasteiger partial charge in [0.2, 0.25) is 5.91 Å². The van der Waals surface area contributed by atoms with Crippen LogP contribution in [0.1, 0.15) is 13.3 Å². The summed E-state index contributed by atoms with van der Waals surface area (Å²) in [6.07, 6.45) is 0.755. The van der Waals surface area contributed by atoms with E-state index in [1.807, 2.05) is 55.5 Å². The average molecular weight is 365 g/mol. The number of amides is 1. The van der Waals surface area contributed by atoms with Gasteiger partial charge in [0.1, 0.15) is 0 Å². The Hall–Kier alpha value is -1.46. The van der Waals surface area contributed by atoms with Gasteiger partial charge in [-0.15, -0.1) is 11.8 Å². The molecule has 0 aromatic heterocycles. The fourth-order valence-corrected chi connectivity index (χ4v) is 3.15. The first kappa shape index (κ1) is 15.9. The summed E-state index contributed by atoms with van der Waals surface area (Å²) in [4.78, 5) is 13.4. The largest absolute Gasteiger partial charge is 0.399 e. The van der Waals surface area contributed by atoms with Gasteiger partial charge in [-0.05, 0) is 58.7 Å². The average Bonchev–Trinajstić information content (AvgIpc) is 2.49. The molecule has 1 unspecified atom stereocenters. The van der Waals surface area contributed by atoms with Gasteiger partial charge in [0.05, 0.1) is 10.9 Å². The number of anilines is 2. The van der Waals surface area contributed by atoms with Crippen molar-refractivity contribution in [3.8, 4) is 0 Å². The van der Waals surface area contributed by atoms with Crippen LogP contribution in [0.5, 0.6) is 0 Å². The highest BCUT2D eigenvalue weighted by Crippen LogP contribution is 2.28. The van der Waals surface area contributed by atoms with E-state index in [0.29, 0.717) is 0 Å². The summed E-state index contributed by atoms with van der Waals surface area (Å²) in [6.45, 7) is 2.01. The van der Waals surface area contributed by atoms with Crippen LogP contribution in [0, 0.1) is 0 Å². The Kier molecular flexibility index (Phi) is 5.70. The first-order valence-corrected chi connectivity index (χ1v) is 8.35. The Labute approximate surface area is 137 Å². The van der Waals surface area contributed by atoms with Crippen LogP contribution in [-0.4, -0.2) is 11.2 Å². The predicted octanol–water partition coefficient (Wildman–Crippen LogP) is 4.54. The van der Waals surface area contributed by atoms with Crippen LogP contribution in [0.25, 0.3) is 0 Å². The number of hydrogen-bond donors (Lipinski definition) is 2. The fourth-order valence-electron chi connectivity index (χ4n) is 1.81. The summed E-state index contributed by atoms with van der Waals surface area (Å²) in [5, 5.41) is 2.82. The number of nitrogen functional groups attached to an aromatic ring is 1. The topological polar surface area (TPSA) is 55.1 Å². The molecular weight excluding hydrogens is 348 g/mol. The van der Waals surface area contributed by atoms with Crippen LogP contribution in [0.3, 0.4) is 0 Å². The van der Waals surface area contributed by atoms with Crippen molar-refractivity contribution in [2.24, 2.45) is 0 Å². The second-order valence-electron chi connectivity index (χ2n) is 4.55. The molecule has 3 nitrogen and oxygen atoms in total. The number of thioether (sulfide) groups is 1. The lowest BCUT2D eigenvalue weighted by Crippen LogP contribution is -2.24. The zero-order valence-corrected chi connectivity index (χ0v) is 14.1. The molecule has 0 bridgehead atoms. The number of para-hydroxylation sites is 1. The summed E-state index contributed by atoms with van der Waals surface area (Å²) in [7, 11) is 0. The van der Waals surface area contributed by atoms with Crippen molar-refractivity contribution in [2.45, 2.75) is 23.5 Å². The van der Waals surface area contributed by atoms with Gasteiger partial charge in [0.25, 0.3) is 0 Å². The van der Waals surface area contributed by atoms with E-state index in [9.17, 15) is 4.79 Å². The Bertz CT molecular complexity index is 616. The van der Waals surface area contributed by atoms with Crippen LogP contribution in [0.4, 0.5) is 11.4 Å². The van der Waals surface area contributed by atoms with E-state index in [2.05, 4.69) is 21.2 Å². The quantitative estimate of drug-likeness (QED) is 0.604. The summed E-state index contributed by atoms with van der Waals surface area (Å²) in [6, 6.07) is 15.2. The number of rotatable bonds is 5. The van der Waals surface area contributed by atoms with Crippen molar-refractivity contribution in [3.05, 3.63) is 53.0 Å². The third-order valence-corrected chi connectivity index (χ3v) is 5.02. The van der Waals surface area contributed by atoms with E-state index in [0.717, 1.165) is 27.2 Å². The number of carbonyl (C=O) groups excluding carboxylic acids is 1. The first-order chi connectivity index (χ1) is 10.1. The monoisotopic (exact) mass is 364 g/mol. The number of carbonyl (C=O) groups is 1. The predicted molar refractivity (Wildman–Crippen MR) is 93.6 cm³/mol. The van der Waals surface area contributed by atoms with Crippen molar-refractivity contribution >= 4 is 45.0 Å². The van der Waals surface area contributed by atoms with Crippen molar-refractivity contribution in [3.63, 3.8) is 0 Å². The molecular formula is C16H17BrN2OS. The summed E-state index contributed by atoms with van der Waals surface area (Å²) >= 11 is 4.98. The van der Waals surface area contributed by atoms with Crippen LogP contribution in [0.2, 0.25) is 0 Å². The van der Waals surface area contributed by atoms with Gasteiger partial charge in [-0.2, -0.15) is 0 Å². The highest BCUT2D eigenvalue weighted by molar-refractivity contribution is 9.10. The number of hydrogen-bond acceptors (Lipinski definition) is 3. The van der Waals surface area contributed by atoms with Gasteiger partial charge in [0.15, 0.2) is 0 Å². The van der Waals surface area contributed by atoms with Crippen molar-refractivity contribution in [1.82, 2.24) is 0 Å². The minimum atomic E-state index is -0.138. The van der Waals surface area contributed by atoms with E-state index in [-0.39, 0.29) is 11.2 Å². The molecule has 0 saturated heterocycles.